The lowest BCUT2D eigenvalue weighted by Crippen LogP contribution is -2.44. The van der Waals surface area contributed by atoms with Gasteiger partial charge in [0.2, 0.25) is 0 Å². The van der Waals surface area contributed by atoms with E-state index in [2.05, 4.69) is 10.1 Å². The van der Waals surface area contributed by atoms with E-state index in [1.807, 2.05) is 0 Å². The highest BCUT2D eigenvalue weighted by Gasteiger charge is 2.35. The Hall–Kier alpha value is -1.99. The minimum Gasteiger partial charge on any atom is -0.458 e. The van der Waals surface area contributed by atoms with Crippen molar-refractivity contribution in [2.24, 2.45) is 5.41 Å². The van der Waals surface area contributed by atoms with E-state index in [0.29, 0.717) is 6.07 Å². The van der Waals surface area contributed by atoms with Gasteiger partial charge in [-0.3, -0.25) is 0 Å². The van der Waals surface area contributed by atoms with Gasteiger partial charge in [-0.15, -0.1) is 13.2 Å². The zero-order valence-electron chi connectivity index (χ0n) is 15.0. The molecule has 1 rings (SSSR count). The Morgan fingerprint density at radius 3 is 2.04 bits per heavy atom. The molecule has 25 heavy (non-hydrogen) atoms. The van der Waals surface area contributed by atoms with Crippen molar-refractivity contribution in [1.82, 2.24) is 0 Å². The summed E-state index contributed by atoms with van der Waals surface area (Å²) in [4.78, 5) is 12.4. The van der Waals surface area contributed by atoms with Crippen molar-refractivity contribution in [1.29, 1.82) is 0 Å². The fourth-order valence-electron chi connectivity index (χ4n) is 1.99. The van der Waals surface area contributed by atoms with E-state index in [1.165, 1.54) is 0 Å². The minimum absolute atomic E-state index is 0.0231. The number of anilines is 1. The minimum atomic E-state index is -4.94. The Morgan fingerprint density at radius 2 is 1.60 bits per heavy atom. The molecule has 1 aromatic carbocycles. The quantitative estimate of drug-likeness (QED) is 0.609. The summed E-state index contributed by atoms with van der Waals surface area (Å²) >= 11 is 0. The van der Waals surface area contributed by atoms with Gasteiger partial charge in [0.1, 0.15) is 23.2 Å². The van der Waals surface area contributed by atoms with Crippen LogP contribution in [0.4, 0.5) is 23.2 Å². The smallest absolute Gasteiger partial charge is 0.458 e. The van der Waals surface area contributed by atoms with Gasteiger partial charge in [-0.05, 0) is 32.3 Å². The largest absolute Gasteiger partial charge is 0.573 e. The molecule has 0 spiro atoms. The summed E-state index contributed by atoms with van der Waals surface area (Å²) in [5, 5.41) is 2.75. The molecule has 0 amide bonds. The Kier molecular flexibility index (Phi) is 5.97. The van der Waals surface area contributed by atoms with Crippen molar-refractivity contribution >= 4 is 11.7 Å². The van der Waals surface area contributed by atoms with Crippen LogP contribution in [-0.4, -0.2) is 24.0 Å². The highest BCUT2D eigenvalue weighted by Crippen LogP contribution is 2.30. The van der Waals surface area contributed by atoms with E-state index >= 15 is 0 Å². The third-order valence-electron chi connectivity index (χ3n) is 2.92. The molecule has 0 aromatic heterocycles. The topological polar surface area (TPSA) is 47.6 Å². The van der Waals surface area contributed by atoms with Crippen LogP contribution in [0.3, 0.4) is 0 Å². The Bertz CT molecular complexity index is 616. The second-order valence-electron chi connectivity index (χ2n) is 7.70. The lowest BCUT2D eigenvalue weighted by atomic mass is 9.86. The average molecular weight is 365 g/mol. The molecule has 0 radical (unpaired) electrons. The number of carbonyl (C=O) groups excluding carboxylic acids is 1. The first-order valence-electron chi connectivity index (χ1n) is 7.62. The van der Waals surface area contributed by atoms with Crippen molar-refractivity contribution in [3.8, 4) is 5.75 Å². The molecule has 0 aliphatic rings. The molecule has 1 aromatic rings. The molecule has 0 heterocycles. The monoisotopic (exact) mass is 365 g/mol. The van der Waals surface area contributed by atoms with E-state index < -0.39 is 41.0 Å². The number of nitrogens with one attached hydrogen (secondary N) is 1. The Balaban J connectivity index is 3.11. The van der Waals surface area contributed by atoms with Crippen LogP contribution in [0, 0.1) is 11.2 Å². The van der Waals surface area contributed by atoms with Crippen molar-refractivity contribution in [3.63, 3.8) is 0 Å². The van der Waals surface area contributed by atoms with Gasteiger partial charge in [-0.1, -0.05) is 20.8 Å². The highest BCUT2D eigenvalue weighted by atomic mass is 19.4. The normalized spacial score (nSPS) is 14.0. The molecule has 0 aliphatic carbocycles. The maximum atomic E-state index is 13.6. The summed E-state index contributed by atoms with van der Waals surface area (Å²) in [5.41, 5.74) is -1.40. The van der Waals surface area contributed by atoms with E-state index in [9.17, 15) is 22.4 Å². The number of carbonyl (C=O) groups is 1. The number of esters is 1. The van der Waals surface area contributed by atoms with Gasteiger partial charge in [0, 0.05) is 17.8 Å². The molecule has 1 unspecified atom stereocenters. The molecular weight excluding hydrogens is 342 g/mol. The molecular formula is C17H23F4NO3. The first kappa shape index (κ1) is 21.1. The lowest BCUT2D eigenvalue weighted by Gasteiger charge is -2.33. The van der Waals surface area contributed by atoms with Crippen LogP contribution in [0.15, 0.2) is 18.2 Å². The first-order valence-corrected chi connectivity index (χ1v) is 7.62. The third kappa shape index (κ3) is 7.62. The van der Waals surface area contributed by atoms with Gasteiger partial charge in [0.15, 0.2) is 0 Å². The number of hydrogen-bond donors (Lipinski definition) is 1. The summed E-state index contributed by atoms with van der Waals surface area (Å²) in [6.45, 7) is 10.3. The molecule has 1 N–H and O–H groups in total. The van der Waals surface area contributed by atoms with Crippen molar-refractivity contribution in [3.05, 3.63) is 24.0 Å². The number of halogens is 4. The second kappa shape index (κ2) is 7.09. The summed E-state index contributed by atoms with van der Waals surface area (Å²) in [7, 11) is 0. The average Bonchev–Trinajstić information content (AvgIpc) is 2.29. The predicted molar refractivity (Wildman–Crippen MR) is 85.8 cm³/mol. The second-order valence-corrected chi connectivity index (χ2v) is 7.70. The van der Waals surface area contributed by atoms with Crippen molar-refractivity contribution in [2.45, 2.75) is 59.5 Å². The molecule has 1 atom stereocenters. The fraction of sp³-hybridized carbons (Fsp3) is 0.588. The van der Waals surface area contributed by atoms with Gasteiger partial charge in [0.25, 0.3) is 0 Å². The van der Waals surface area contributed by atoms with Gasteiger partial charge in [-0.25, -0.2) is 9.18 Å². The van der Waals surface area contributed by atoms with Gasteiger partial charge in [-0.2, -0.15) is 0 Å². The van der Waals surface area contributed by atoms with E-state index in [1.54, 1.807) is 41.5 Å². The van der Waals surface area contributed by atoms with Crippen LogP contribution in [0.5, 0.6) is 5.75 Å². The molecule has 8 heteroatoms. The number of ether oxygens (including phenoxy) is 2. The predicted octanol–water partition coefficient (Wildman–Crippen LogP) is 4.89. The number of hydrogen-bond acceptors (Lipinski definition) is 4. The van der Waals surface area contributed by atoms with E-state index in [-0.39, 0.29) is 5.69 Å². The van der Waals surface area contributed by atoms with Crippen molar-refractivity contribution in [2.75, 3.05) is 5.32 Å². The molecule has 142 valence electrons. The summed E-state index contributed by atoms with van der Waals surface area (Å²) < 4.78 is 59.7. The maximum absolute atomic E-state index is 13.6. The van der Waals surface area contributed by atoms with Crippen LogP contribution in [0.2, 0.25) is 0 Å². The zero-order chi connectivity index (χ0) is 19.6. The Morgan fingerprint density at radius 1 is 1.04 bits per heavy atom. The third-order valence-corrected chi connectivity index (χ3v) is 2.92. The zero-order valence-corrected chi connectivity index (χ0v) is 15.0. The van der Waals surface area contributed by atoms with Crippen LogP contribution in [-0.2, 0) is 9.53 Å². The summed E-state index contributed by atoms with van der Waals surface area (Å²) in [5.74, 6) is -2.24. The molecule has 0 bridgehead atoms. The summed E-state index contributed by atoms with van der Waals surface area (Å²) in [6.07, 6.45) is -4.94. The van der Waals surface area contributed by atoms with E-state index in [0.717, 1.165) is 12.1 Å². The fourth-order valence-corrected chi connectivity index (χ4v) is 1.99. The highest BCUT2D eigenvalue weighted by molar-refractivity contribution is 5.80. The SMILES string of the molecule is CC(C)(C)OC(=O)C(Nc1cc(F)cc(OC(F)(F)F)c1)C(C)(C)C. The standard InChI is InChI=1S/C17H23F4NO3/c1-15(2,3)13(14(23)25-16(4,5)6)22-11-7-10(18)8-12(9-11)24-17(19,20)21/h7-9,13,22H,1-6H3. The van der Waals surface area contributed by atoms with Gasteiger partial charge in [0.05, 0.1) is 0 Å². The van der Waals surface area contributed by atoms with Crippen LogP contribution < -0.4 is 10.1 Å². The first-order chi connectivity index (χ1) is 11.1. The van der Waals surface area contributed by atoms with Crippen LogP contribution >= 0.6 is 0 Å². The molecule has 4 nitrogen and oxygen atoms in total. The maximum Gasteiger partial charge on any atom is 0.573 e. The lowest BCUT2D eigenvalue weighted by molar-refractivity contribution is -0.274. The number of alkyl halides is 3. The summed E-state index contributed by atoms with van der Waals surface area (Å²) in [6, 6.07) is 1.65. The van der Waals surface area contributed by atoms with Gasteiger partial charge >= 0.3 is 12.3 Å². The molecule has 0 aliphatic heterocycles. The molecule has 0 fully saturated rings. The number of rotatable bonds is 4. The molecule has 0 saturated heterocycles. The van der Waals surface area contributed by atoms with Crippen LogP contribution in [0.25, 0.3) is 0 Å². The van der Waals surface area contributed by atoms with Gasteiger partial charge < -0.3 is 14.8 Å². The Labute approximate surface area is 144 Å². The molecule has 0 saturated carbocycles. The number of benzene rings is 1. The van der Waals surface area contributed by atoms with Crippen LogP contribution in [0.1, 0.15) is 41.5 Å². The van der Waals surface area contributed by atoms with Crippen molar-refractivity contribution < 1.29 is 31.8 Å². The van der Waals surface area contributed by atoms with E-state index in [4.69, 9.17) is 4.74 Å².